The Morgan fingerprint density at radius 2 is 1.76 bits per heavy atom. The smallest absolute Gasteiger partial charge is 0.420 e. The molecule has 0 heterocycles. The zero-order valence-electron chi connectivity index (χ0n) is 12.2. The van der Waals surface area contributed by atoms with Crippen molar-refractivity contribution in [2.75, 3.05) is 14.2 Å². The molecule has 21 heavy (non-hydrogen) atoms. The summed E-state index contributed by atoms with van der Waals surface area (Å²) in [7, 11) is 2.35. The second-order valence-corrected chi connectivity index (χ2v) is 5.21. The standard InChI is InChI=1S/C14H17F3O4/c1-13(2,7-11(18)19)8-5-9(14(15,16)17)12(21-4)10(6-8)20-3/h5-6H,7H2,1-4H3,(H,18,19). The summed E-state index contributed by atoms with van der Waals surface area (Å²) in [6.45, 7) is 3.12. The van der Waals surface area contributed by atoms with Gasteiger partial charge < -0.3 is 14.6 Å². The molecule has 1 N–H and O–H groups in total. The van der Waals surface area contributed by atoms with Crippen molar-refractivity contribution in [3.63, 3.8) is 0 Å². The number of hydrogen-bond donors (Lipinski definition) is 1. The first-order valence-electron chi connectivity index (χ1n) is 6.08. The molecule has 4 nitrogen and oxygen atoms in total. The molecule has 0 fully saturated rings. The van der Waals surface area contributed by atoms with Gasteiger partial charge in [0.2, 0.25) is 0 Å². The predicted molar refractivity (Wildman–Crippen MR) is 69.8 cm³/mol. The summed E-state index contributed by atoms with van der Waals surface area (Å²) in [6, 6.07) is 2.28. The highest BCUT2D eigenvalue weighted by Gasteiger charge is 2.38. The fraction of sp³-hybridized carbons (Fsp3) is 0.500. The van der Waals surface area contributed by atoms with Crippen molar-refractivity contribution in [1.29, 1.82) is 0 Å². The molecule has 0 unspecified atom stereocenters. The molecule has 0 amide bonds. The van der Waals surface area contributed by atoms with Gasteiger partial charge in [-0.3, -0.25) is 4.79 Å². The monoisotopic (exact) mass is 306 g/mol. The Morgan fingerprint density at radius 3 is 2.14 bits per heavy atom. The van der Waals surface area contributed by atoms with E-state index in [1.807, 2.05) is 0 Å². The van der Waals surface area contributed by atoms with E-state index >= 15 is 0 Å². The minimum atomic E-state index is -4.63. The van der Waals surface area contributed by atoms with Gasteiger partial charge in [0.15, 0.2) is 11.5 Å². The Morgan fingerprint density at radius 1 is 1.19 bits per heavy atom. The normalized spacial score (nSPS) is 12.1. The molecule has 1 rings (SSSR count). The van der Waals surface area contributed by atoms with Crippen LogP contribution in [0.15, 0.2) is 12.1 Å². The van der Waals surface area contributed by atoms with Crippen molar-refractivity contribution in [3.8, 4) is 11.5 Å². The van der Waals surface area contributed by atoms with E-state index in [2.05, 4.69) is 0 Å². The number of benzene rings is 1. The van der Waals surface area contributed by atoms with Crippen LogP contribution in [0.2, 0.25) is 0 Å². The van der Waals surface area contributed by atoms with Gasteiger partial charge in [0.05, 0.1) is 20.6 Å². The highest BCUT2D eigenvalue weighted by Crippen LogP contribution is 2.44. The topological polar surface area (TPSA) is 55.8 Å². The van der Waals surface area contributed by atoms with Gasteiger partial charge in [-0.05, 0) is 17.7 Å². The second kappa shape index (κ2) is 5.83. The lowest BCUT2D eigenvalue weighted by Crippen LogP contribution is -2.23. The lowest BCUT2D eigenvalue weighted by Gasteiger charge is -2.26. The van der Waals surface area contributed by atoms with E-state index < -0.39 is 28.9 Å². The summed E-state index contributed by atoms with van der Waals surface area (Å²) in [6.07, 6.45) is -4.94. The van der Waals surface area contributed by atoms with Crippen LogP contribution in [0.3, 0.4) is 0 Å². The largest absolute Gasteiger partial charge is 0.493 e. The zero-order chi connectivity index (χ0) is 16.4. The molecule has 1 aromatic rings. The van der Waals surface area contributed by atoms with Crippen molar-refractivity contribution < 1.29 is 32.5 Å². The third kappa shape index (κ3) is 3.80. The van der Waals surface area contributed by atoms with Crippen molar-refractivity contribution in [1.82, 2.24) is 0 Å². The molecule has 0 aliphatic heterocycles. The third-order valence-electron chi connectivity index (χ3n) is 3.16. The summed E-state index contributed by atoms with van der Waals surface area (Å²) in [5.41, 5.74) is -1.75. The molecular weight excluding hydrogens is 289 g/mol. The number of aliphatic carboxylic acids is 1. The fourth-order valence-electron chi connectivity index (χ4n) is 2.05. The maximum Gasteiger partial charge on any atom is 0.420 e. The van der Waals surface area contributed by atoms with Crippen LogP contribution in [0, 0.1) is 0 Å². The van der Waals surface area contributed by atoms with Crippen LogP contribution in [-0.4, -0.2) is 25.3 Å². The van der Waals surface area contributed by atoms with Gasteiger partial charge in [-0.2, -0.15) is 13.2 Å². The summed E-state index contributed by atoms with van der Waals surface area (Å²) >= 11 is 0. The number of carbonyl (C=O) groups is 1. The molecular formula is C14H17F3O4. The lowest BCUT2D eigenvalue weighted by atomic mass is 9.80. The van der Waals surface area contributed by atoms with E-state index in [0.29, 0.717) is 0 Å². The minimum absolute atomic E-state index is 0.0826. The van der Waals surface area contributed by atoms with Crippen LogP contribution in [-0.2, 0) is 16.4 Å². The number of hydrogen-bond acceptors (Lipinski definition) is 3. The summed E-state index contributed by atoms with van der Waals surface area (Å²) in [5, 5.41) is 8.89. The molecule has 7 heteroatoms. The maximum absolute atomic E-state index is 13.1. The van der Waals surface area contributed by atoms with Gasteiger partial charge in [0, 0.05) is 5.41 Å². The Balaban J connectivity index is 3.53. The number of halogens is 3. The summed E-state index contributed by atoms with van der Waals surface area (Å²) in [4.78, 5) is 10.9. The van der Waals surface area contributed by atoms with E-state index in [-0.39, 0.29) is 17.7 Å². The van der Waals surface area contributed by atoms with Crippen molar-refractivity contribution in [2.45, 2.75) is 31.9 Å². The van der Waals surface area contributed by atoms with Crippen LogP contribution in [0.25, 0.3) is 0 Å². The van der Waals surface area contributed by atoms with Gasteiger partial charge >= 0.3 is 12.1 Å². The molecule has 0 aliphatic rings. The van der Waals surface area contributed by atoms with Crippen LogP contribution in [0.5, 0.6) is 11.5 Å². The molecule has 0 saturated heterocycles. The van der Waals surface area contributed by atoms with Gasteiger partial charge in [-0.15, -0.1) is 0 Å². The van der Waals surface area contributed by atoms with Crippen molar-refractivity contribution >= 4 is 5.97 Å². The van der Waals surface area contributed by atoms with Crippen LogP contribution in [0.1, 0.15) is 31.4 Å². The van der Waals surface area contributed by atoms with Gasteiger partial charge in [-0.25, -0.2) is 0 Å². The minimum Gasteiger partial charge on any atom is -0.493 e. The van der Waals surface area contributed by atoms with E-state index in [0.717, 1.165) is 13.2 Å². The fourth-order valence-corrected chi connectivity index (χ4v) is 2.05. The molecule has 0 spiro atoms. The van der Waals surface area contributed by atoms with Crippen molar-refractivity contribution in [3.05, 3.63) is 23.3 Å². The molecule has 118 valence electrons. The van der Waals surface area contributed by atoms with Crippen LogP contribution in [0.4, 0.5) is 13.2 Å². The average Bonchev–Trinajstić information content (AvgIpc) is 2.34. The highest BCUT2D eigenvalue weighted by molar-refractivity contribution is 5.69. The third-order valence-corrected chi connectivity index (χ3v) is 3.16. The first-order chi connectivity index (χ1) is 9.52. The van der Waals surface area contributed by atoms with Crippen LogP contribution < -0.4 is 9.47 Å². The van der Waals surface area contributed by atoms with Crippen LogP contribution >= 0.6 is 0 Å². The van der Waals surface area contributed by atoms with E-state index in [1.165, 1.54) is 13.2 Å². The van der Waals surface area contributed by atoms with Gasteiger partial charge in [0.25, 0.3) is 0 Å². The van der Waals surface area contributed by atoms with Gasteiger partial charge in [-0.1, -0.05) is 13.8 Å². The first kappa shape index (κ1) is 17.1. The molecule has 0 atom stereocenters. The van der Waals surface area contributed by atoms with Crippen molar-refractivity contribution in [2.24, 2.45) is 0 Å². The molecule has 0 aromatic heterocycles. The predicted octanol–water partition coefficient (Wildman–Crippen LogP) is 3.47. The molecule has 0 aliphatic carbocycles. The summed E-state index contributed by atoms with van der Waals surface area (Å²) < 4.78 is 49.1. The van der Waals surface area contributed by atoms with E-state index in [4.69, 9.17) is 14.6 Å². The number of alkyl halides is 3. The quantitative estimate of drug-likeness (QED) is 0.905. The Hall–Kier alpha value is -1.92. The Labute approximate surface area is 120 Å². The highest BCUT2D eigenvalue weighted by atomic mass is 19.4. The number of methoxy groups -OCH3 is 2. The van der Waals surface area contributed by atoms with E-state index in [1.54, 1.807) is 13.8 Å². The number of carboxylic acids is 1. The lowest BCUT2D eigenvalue weighted by molar-refractivity contribution is -0.139. The number of carboxylic acid groups (broad SMARTS) is 1. The molecule has 0 radical (unpaired) electrons. The summed E-state index contributed by atoms with van der Waals surface area (Å²) in [5.74, 6) is -1.59. The second-order valence-electron chi connectivity index (χ2n) is 5.21. The number of ether oxygens (including phenoxy) is 2. The first-order valence-corrected chi connectivity index (χ1v) is 6.08. The average molecular weight is 306 g/mol. The molecule has 0 saturated carbocycles. The van der Waals surface area contributed by atoms with Gasteiger partial charge in [0.1, 0.15) is 5.56 Å². The maximum atomic E-state index is 13.1. The Kier molecular flexibility index (Phi) is 4.76. The molecule has 1 aromatic carbocycles. The SMILES string of the molecule is COc1cc(C(C)(C)CC(=O)O)cc(C(F)(F)F)c1OC. The number of rotatable bonds is 5. The van der Waals surface area contributed by atoms with E-state index in [9.17, 15) is 18.0 Å². The Bertz CT molecular complexity index is 536. The molecule has 0 bridgehead atoms. The zero-order valence-corrected chi connectivity index (χ0v) is 12.2.